The summed E-state index contributed by atoms with van der Waals surface area (Å²) in [6.45, 7) is 5.15. The van der Waals surface area contributed by atoms with Crippen LogP contribution in [0.1, 0.15) is 38.3 Å². The molecule has 1 saturated heterocycles. The van der Waals surface area contributed by atoms with Crippen LogP contribution in [0.3, 0.4) is 0 Å². The lowest BCUT2D eigenvalue weighted by Crippen LogP contribution is -2.43. The van der Waals surface area contributed by atoms with Gasteiger partial charge in [-0.3, -0.25) is 4.99 Å². The minimum absolute atomic E-state index is 0.0136. The Morgan fingerprint density at radius 3 is 2.46 bits per heavy atom. The highest BCUT2D eigenvalue weighted by atomic mass is 32.2. The number of nitrogens with one attached hydrogen (secondary N) is 2. The van der Waals surface area contributed by atoms with Crippen LogP contribution < -0.4 is 15.4 Å². The summed E-state index contributed by atoms with van der Waals surface area (Å²) in [5.74, 6) is 0.475. The normalized spacial score (nSPS) is 20.1. The third kappa shape index (κ3) is 6.57. The fraction of sp³-hybridized carbons (Fsp3) is 0.611. The summed E-state index contributed by atoms with van der Waals surface area (Å²) >= 11 is 0. The number of aliphatic imine (C=N–C) groups is 1. The van der Waals surface area contributed by atoms with Gasteiger partial charge in [0.1, 0.15) is 11.4 Å². The van der Waals surface area contributed by atoms with Gasteiger partial charge in [0.2, 0.25) is 0 Å². The van der Waals surface area contributed by atoms with E-state index in [1.807, 2.05) is 0 Å². The number of benzene rings is 1. The second-order valence-electron chi connectivity index (χ2n) is 7.70. The monoisotopic (exact) mass is 421 g/mol. The lowest BCUT2D eigenvalue weighted by atomic mass is 10.1. The molecule has 2 rings (SSSR count). The zero-order valence-corrected chi connectivity index (χ0v) is 17.2. The van der Waals surface area contributed by atoms with Crippen molar-refractivity contribution in [2.45, 2.75) is 51.6 Å². The van der Waals surface area contributed by atoms with Gasteiger partial charge < -0.3 is 15.4 Å². The Hall–Kier alpha value is -1.97. The van der Waals surface area contributed by atoms with Crippen LogP contribution in [0.15, 0.2) is 23.2 Å². The molecule has 6 nitrogen and oxygen atoms in total. The summed E-state index contributed by atoms with van der Waals surface area (Å²) in [4.78, 5) is 3.97. The molecule has 1 fully saturated rings. The smallest absolute Gasteiger partial charge is 0.416 e. The number of sulfone groups is 1. The largest absolute Gasteiger partial charge is 0.488 e. The lowest BCUT2D eigenvalue weighted by Gasteiger charge is -2.23. The molecule has 1 aromatic rings. The number of guanidine groups is 1. The van der Waals surface area contributed by atoms with E-state index in [0.717, 1.165) is 6.07 Å². The average Bonchev–Trinajstić information content (AvgIpc) is 2.88. The Bertz CT molecular complexity index is 831. The topological polar surface area (TPSA) is 79.8 Å². The van der Waals surface area contributed by atoms with Crippen molar-refractivity contribution in [1.29, 1.82) is 0 Å². The first-order valence-corrected chi connectivity index (χ1v) is 10.7. The Labute approximate surface area is 163 Å². The van der Waals surface area contributed by atoms with Crippen LogP contribution in [0, 0.1) is 0 Å². The van der Waals surface area contributed by atoms with Gasteiger partial charge in [-0.1, -0.05) is 6.07 Å². The highest BCUT2D eigenvalue weighted by molar-refractivity contribution is 7.91. The van der Waals surface area contributed by atoms with E-state index in [9.17, 15) is 21.6 Å². The fourth-order valence-electron chi connectivity index (χ4n) is 2.87. The van der Waals surface area contributed by atoms with Crippen molar-refractivity contribution >= 4 is 15.8 Å². The van der Waals surface area contributed by atoms with Crippen LogP contribution in [0.2, 0.25) is 0 Å². The van der Waals surface area contributed by atoms with Crippen LogP contribution in [0.25, 0.3) is 0 Å². The molecule has 10 heteroatoms. The maximum Gasteiger partial charge on any atom is 0.416 e. The summed E-state index contributed by atoms with van der Waals surface area (Å²) < 4.78 is 69.1. The molecule has 0 aromatic heterocycles. The van der Waals surface area contributed by atoms with Gasteiger partial charge in [-0.25, -0.2) is 8.42 Å². The van der Waals surface area contributed by atoms with E-state index in [1.165, 1.54) is 19.2 Å². The van der Waals surface area contributed by atoms with Crippen LogP contribution in [-0.4, -0.2) is 44.6 Å². The van der Waals surface area contributed by atoms with E-state index >= 15 is 0 Å². The number of rotatable bonds is 4. The minimum Gasteiger partial charge on any atom is -0.488 e. The van der Waals surface area contributed by atoms with Gasteiger partial charge in [-0.15, -0.1) is 0 Å². The van der Waals surface area contributed by atoms with Crippen molar-refractivity contribution in [3.05, 3.63) is 29.3 Å². The Kier molecular flexibility index (Phi) is 6.52. The molecule has 1 unspecified atom stereocenters. The van der Waals surface area contributed by atoms with E-state index < -0.39 is 27.2 Å². The summed E-state index contributed by atoms with van der Waals surface area (Å²) in [5, 5.41) is 5.77. The number of hydrogen-bond donors (Lipinski definition) is 2. The van der Waals surface area contributed by atoms with Gasteiger partial charge in [0.05, 0.1) is 17.1 Å². The number of nitrogens with zero attached hydrogens (tertiary/aromatic N) is 1. The molecule has 158 valence electrons. The van der Waals surface area contributed by atoms with Gasteiger partial charge in [-0.05, 0) is 44.9 Å². The molecule has 28 heavy (non-hydrogen) atoms. The van der Waals surface area contributed by atoms with Crippen LogP contribution in [0.5, 0.6) is 5.75 Å². The van der Waals surface area contributed by atoms with Crippen molar-refractivity contribution in [2.75, 3.05) is 18.6 Å². The molecule has 1 aliphatic rings. The van der Waals surface area contributed by atoms with Crippen molar-refractivity contribution in [2.24, 2.45) is 4.99 Å². The van der Waals surface area contributed by atoms with Gasteiger partial charge in [-0.2, -0.15) is 13.2 Å². The van der Waals surface area contributed by atoms with Gasteiger partial charge in [0.15, 0.2) is 15.8 Å². The van der Waals surface area contributed by atoms with Crippen molar-refractivity contribution < 1.29 is 26.3 Å². The van der Waals surface area contributed by atoms with E-state index in [2.05, 4.69) is 15.6 Å². The molecule has 0 amide bonds. The Morgan fingerprint density at radius 1 is 1.29 bits per heavy atom. The standard InChI is InChI=1S/C18H26F3N3O3S/c1-17(2,3)27-14-6-5-12(15(9-14)18(19,20)21)10-23-16(22-4)24-13-7-8-28(25,26)11-13/h5-6,9,13H,7-8,10-11H2,1-4H3,(H2,22,23,24). The number of halogens is 3. The highest BCUT2D eigenvalue weighted by Crippen LogP contribution is 2.35. The van der Waals surface area contributed by atoms with E-state index in [1.54, 1.807) is 20.8 Å². The second kappa shape index (κ2) is 8.18. The quantitative estimate of drug-likeness (QED) is 0.577. The molecule has 0 saturated carbocycles. The molecule has 0 radical (unpaired) electrons. The van der Waals surface area contributed by atoms with Gasteiger partial charge in [0.25, 0.3) is 0 Å². The minimum atomic E-state index is -4.54. The molecule has 0 bridgehead atoms. The number of hydrogen-bond acceptors (Lipinski definition) is 4. The third-order valence-corrected chi connectivity index (χ3v) is 5.82. The zero-order valence-electron chi connectivity index (χ0n) is 16.4. The highest BCUT2D eigenvalue weighted by Gasteiger charge is 2.34. The predicted molar refractivity (Wildman–Crippen MR) is 102 cm³/mol. The van der Waals surface area contributed by atoms with Gasteiger partial charge in [0, 0.05) is 19.6 Å². The Morgan fingerprint density at radius 2 is 1.96 bits per heavy atom. The van der Waals surface area contributed by atoms with Crippen LogP contribution in [-0.2, 0) is 22.6 Å². The first kappa shape index (κ1) is 22.3. The third-order valence-electron chi connectivity index (χ3n) is 4.05. The fourth-order valence-corrected chi connectivity index (χ4v) is 4.54. The summed E-state index contributed by atoms with van der Waals surface area (Å²) in [7, 11) is -1.59. The van der Waals surface area contributed by atoms with E-state index in [-0.39, 0.29) is 41.4 Å². The average molecular weight is 421 g/mol. The Balaban J connectivity index is 2.11. The number of ether oxygens (including phenoxy) is 1. The SMILES string of the molecule is CN=C(NCc1ccc(OC(C)(C)C)cc1C(F)(F)F)NC1CCS(=O)(=O)C1. The summed E-state index contributed by atoms with van der Waals surface area (Å²) in [6, 6.07) is 3.55. The zero-order chi connectivity index (χ0) is 21.2. The van der Waals surface area contributed by atoms with Crippen LogP contribution in [0.4, 0.5) is 13.2 Å². The molecule has 0 aliphatic carbocycles. The molecule has 0 spiro atoms. The molecular weight excluding hydrogens is 395 g/mol. The first-order chi connectivity index (χ1) is 12.8. The molecule has 1 aliphatic heterocycles. The van der Waals surface area contributed by atoms with Crippen molar-refractivity contribution in [3.63, 3.8) is 0 Å². The summed E-state index contributed by atoms with van der Waals surface area (Å²) in [6.07, 6.45) is -4.10. The molecule has 1 heterocycles. The predicted octanol–water partition coefficient (Wildman–Crippen LogP) is 2.73. The maximum absolute atomic E-state index is 13.5. The van der Waals surface area contributed by atoms with Crippen molar-refractivity contribution in [1.82, 2.24) is 10.6 Å². The molecule has 2 N–H and O–H groups in total. The number of alkyl halides is 3. The molecular formula is C18H26F3N3O3S. The van der Waals surface area contributed by atoms with Gasteiger partial charge >= 0.3 is 6.18 Å². The first-order valence-electron chi connectivity index (χ1n) is 8.86. The lowest BCUT2D eigenvalue weighted by molar-refractivity contribution is -0.138. The second-order valence-corrected chi connectivity index (χ2v) is 9.93. The van der Waals surface area contributed by atoms with Crippen molar-refractivity contribution in [3.8, 4) is 5.75 Å². The van der Waals surface area contributed by atoms with Crippen LogP contribution >= 0.6 is 0 Å². The molecule has 1 aromatic carbocycles. The molecule has 1 atom stereocenters. The van der Waals surface area contributed by atoms with E-state index in [0.29, 0.717) is 6.42 Å². The van der Waals surface area contributed by atoms with E-state index in [4.69, 9.17) is 4.74 Å². The summed E-state index contributed by atoms with van der Waals surface area (Å²) in [5.41, 5.74) is -1.37. The maximum atomic E-state index is 13.5.